The zero-order valence-electron chi connectivity index (χ0n) is 13.2. The van der Waals surface area contributed by atoms with Gasteiger partial charge in [-0.1, -0.05) is 0 Å². The predicted octanol–water partition coefficient (Wildman–Crippen LogP) is 1.25. The lowest BCUT2D eigenvalue weighted by atomic mass is 10.2. The van der Waals surface area contributed by atoms with Gasteiger partial charge in [0.2, 0.25) is 0 Å². The van der Waals surface area contributed by atoms with Crippen LogP contribution in [0.3, 0.4) is 0 Å². The van der Waals surface area contributed by atoms with Gasteiger partial charge >= 0.3 is 0 Å². The minimum Gasteiger partial charge on any atom is -0.493 e. The quantitative estimate of drug-likeness (QED) is 0.589. The highest BCUT2D eigenvalue weighted by Gasteiger charge is 2.13. The number of hydrazone groups is 1. The van der Waals surface area contributed by atoms with Crippen LogP contribution in [-0.2, 0) is 9.53 Å². The molecule has 1 aromatic carbocycles. The smallest absolute Gasteiger partial charge is 0.254 e. The highest BCUT2D eigenvalue weighted by Crippen LogP contribution is 2.35. The first-order chi connectivity index (χ1) is 11.1. The minimum absolute atomic E-state index is 0.150. The number of hydrogen-bond donors (Lipinski definition) is 1. The fourth-order valence-electron chi connectivity index (χ4n) is 2.19. The molecule has 1 N–H and O–H groups in total. The average molecular weight is 386 g/mol. The summed E-state index contributed by atoms with van der Waals surface area (Å²) in [6, 6.07) is 3.61. The molecule has 1 amide bonds. The van der Waals surface area contributed by atoms with E-state index in [1.165, 1.54) is 0 Å². The molecular weight excluding hydrogens is 366 g/mol. The predicted molar refractivity (Wildman–Crippen MR) is 90.2 cm³/mol. The largest absolute Gasteiger partial charge is 0.493 e. The SMILES string of the molecule is COc1cc(C=NNC(=O)CN2CCOCC2)cc(Br)c1OC. The van der Waals surface area contributed by atoms with Crippen molar-refractivity contribution >= 4 is 28.1 Å². The van der Waals surface area contributed by atoms with E-state index >= 15 is 0 Å². The number of carbonyl (C=O) groups is 1. The lowest BCUT2D eigenvalue weighted by Crippen LogP contribution is -2.42. The topological polar surface area (TPSA) is 72.4 Å². The van der Waals surface area contributed by atoms with E-state index in [1.54, 1.807) is 26.5 Å². The van der Waals surface area contributed by atoms with Gasteiger partial charge in [-0.2, -0.15) is 5.10 Å². The van der Waals surface area contributed by atoms with Gasteiger partial charge in [0, 0.05) is 13.1 Å². The van der Waals surface area contributed by atoms with Crippen LogP contribution in [0.5, 0.6) is 11.5 Å². The molecule has 23 heavy (non-hydrogen) atoms. The number of ether oxygens (including phenoxy) is 3. The normalized spacial score (nSPS) is 15.6. The maximum atomic E-state index is 11.8. The summed E-state index contributed by atoms with van der Waals surface area (Å²) in [5.41, 5.74) is 3.30. The first-order valence-corrected chi connectivity index (χ1v) is 7.97. The molecule has 1 aliphatic rings. The number of benzene rings is 1. The number of hydrogen-bond acceptors (Lipinski definition) is 6. The number of nitrogens with zero attached hydrogens (tertiary/aromatic N) is 2. The lowest BCUT2D eigenvalue weighted by Gasteiger charge is -2.25. The summed E-state index contributed by atoms with van der Waals surface area (Å²) in [5, 5.41) is 3.98. The molecule has 0 saturated carbocycles. The van der Waals surface area contributed by atoms with Crippen LogP contribution in [0.4, 0.5) is 0 Å². The van der Waals surface area contributed by atoms with E-state index in [-0.39, 0.29) is 5.91 Å². The number of methoxy groups -OCH3 is 2. The Bertz CT molecular complexity index is 574. The van der Waals surface area contributed by atoms with E-state index in [2.05, 4.69) is 26.5 Å². The summed E-state index contributed by atoms with van der Waals surface area (Å²) in [6.07, 6.45) is 1.56. The van der Waals surface area contributed by atoms with Gasteiger partial charge in [-0.3, -0.25) is 9.69 Å². The van der Waals surface area contributed by atoms with Crippen LogP contribution < -0.4 is 14.9 Å². The number of halogens is 1. The van der Waals surface area contributed by atoms with Crippen LogP contribution in [0.15, 0.2) is 21.7 Å². The number of morpholine rings is 1. The van der Waals surface area contributed by atoms with Crippen molar-refractivity contribution in [2.45, 2.75) is 0 Å². The molecule has 0 spiro atoms. The molecule has 0 bridgehead atoms. The Morgan fingerprint density at radius 1 is 1.39 bits per heavy atom. The van der Waals surface area contributed by atoms with E-state index in [4.69, 9.17) is 14.2 Å². The second-order valence-electron chi connectivity index (χ2n) is 4.92. The summed E-state index contributed by atoms with van der Waals surface area (Å²) >= 11 is 3.41. The van der Waals surface area contributed by atoms with E-state index in [0.29, 0.717) is 31.3 Å². The molecule has 126 valence electrons. The van der Waals surface area contributed by atoms with Crippen molar-refractivity contribution in [1.82, 2.24) is 10.3 Å². The first kappa shape index (κ1) is 17.7. The summed E-state index contributed by atoms with van der Waals surface area (Å²) in [4.78, 5) is 13.9. The molecule has 0 unspecified atom stereocenters. The van der Waals surface area contributed by atoms with E-state index < -0.39 is 0 Å². The standard InChI is InChI=1S/C15H20BrN3O4/c1-21-13-8-11(7-12(16)15(13)22-2)9-17-18-14(20)10-19-3-5-23-6-4-19/h7-9H,3-6,10H2,1-2H3,(H,18,20). The molecule has 1 fully saturated rings. The van der Waals surface area contributed by atoms with Gasteiger partial charge in [0.05, 0.1) is 44.7 Å². The highest BCUT2D eigenvalue weighted by molar-refractivity contribution is 9.10. The summed E-state index contributed by atoms with van der Waals surface area (Å²) < 4.78 is 16.5. The molecule has 0 aliphatic carbocycles. The zero-order valence-corrected chi connectivity index (χ0v) is 14.8. The molecule has 2 rings (SSSR count). The van der Waals surface area contributed by atoms with Gasteiger partial charge in [0.1, 0.15) is 0 Å². The van der Waals surface area contributed by atoms with Crippen molar-refractivity contribution in [3.63, 3.8) is 0 Å². The van der Waals surface area contributed by atoms with Gasteiger partial charge in [-0.25, -0.2) is 5.43 Å². The Balaban J connectivity index is 1.92. The molecule has 1 heterocycles. The van der Waals surface area contributed by atoms with E-state index in [1.807, 2.05) is 11.0 Å². The van der Waals surface area contributed by atoms with Gasteiger partial charge in [-0.15, -0.1) is 0 Å². The Morgan fingerprint density at radius 2 is 2.13 bits per heavy atom. The Hall–Kier alpha value is -1.64. The second-order valence-corrected chi connectivity index (χ2v) is 5.77. The molecule has 0 radical (unpaired) electrons. The van der Waals surface area contributed by atoms with E-state index in [0.717, 1.165) is 23.1 Å². The van der Waals surface area contributed by atoms with Crippen molar-refractivity contribution in [3.8, 4) is 11.5 Å². The summed E-state index contributed by atoms with van der Waals surface area (Å²) in [6.45, 7) is 3.17. The summed E-state index contributed by atoms with van der Waals surface area (Å²) in [5.74, 6) is 1.05. The number of carbonyl (C=O) groups excluding carboxylic acids is 1. The fraction of sp³-hybridized carbons (Fsp3) is 0.467. The molecule has 8 heteroatoms. The first-order valence-electron chi connectivity index (χ1n) is 7.17. The lowest BCUT2D eigenvalue weighted by molar-refractivity contribution is -0.123. The second kappa shape index (κ2) is 8.85. The third-order valence-corrected chi connectivity index (χ3v) is 3.92. The van der Waals surface area contributed by atoms with Gasteiger partial charge in [0.15, 0.2) is 11.5 Å². The molecule has 1 aromatic rings. The monoisotopic (exact) mass is 385 g/mol. The van der Waals surface area contributed by atoms with Gasteiger partial charge in [-0.05, 0) is 33.6 Å². The van der Waals surface area contributed by atoms with Crippen molar-refractivity contribution < 1.29 is 19.0 Å². The summed E-state index contributed by atoms with van der Waals surface area (Å²) in [7, 11) is 3.14. The molecule has 0 aromatic heterocycles. The van der Waals surface area contributed by atoms with Crippen LogP contribution in [0.25, 0.3) is 0 Å². The zero-order chi connectivity index (χ0) is 16.7. The third kappa shape index (κ3) is 5.19. The van der Waals surface area contributed by atoms with Gasteiger partial charge < -0.3 is 14.2 Å². The van der Waals surface area contributed by atoms with Crippen molar-refractivity contribution in [1.29, 1.82) is 0 Å². The maximum absolute atomic E-state index is 11.8. The van der Waals surface area contributed by atoms with Crippen LogP contribution in [0, 0.1) is 0 Å². The van der Waals surface area contributed by atoms with Crippen LogP contribution in [0.1, 0.15) is 5.56 Å². The third-order valence-electron chi connectivity index (χ3n) is 3.33. The fourth-order valence-corrected chi connectivity index (χ4v) is 2.81. The Kier molecular flexibility index (Phi) is 6.82. The van der Waals surface area contributed by atoms with E-state index in [9.17, 15) is 4.79 Å². The minimum atomic E-state index is -0.150. The highest BCUT2D eigenvalue weighted by atomic mass is 79.9. The molecule has 0 atom stereocenters. The molecule has 1 aliphatic heterocycles. The Labute approximate surface area is 143 Å². The maximum Gasteiger partial charge on any atom is 0.254 e. The number of nitrogens with one attached hydrogen (secondary N) is 1. The molecular formula is C15H20BrN3O4. The number of rotatable bonds is 6. The Morgan fingerprint density at radius 3 is 2.78 bits per heavy atom. The number of amides is 1. The van der Waals surface area contributed by atoms with Crippen molar-refractivity contribution in [2.24, 2.45) is 5.10 Å². The van der Waals surface area contributed by atoms with Crippen LogP contribution in [0.2, 0.25) is 0 Å². The van der Waals surface area contributed by atoms with Crippen molar-refractivity contribution in [2.75, 3.05) is 47.1 Å². The van der Waals surface area contributed by atoms with Gasteiger partial charge in [0.25, 0.3) is 5.91 Å². The molecule has 7 nitrogen and oxygen atoms in total. The van der Waals surface area contributed by atoms with Crippen molar-refractivity contribution in [3.05, 3.63) is 22.2 Å². The van der Waals surface area contributed by atoms with Crippen LogP contribution in [-0.4, -0.2) is 64.1 Å². The van der Waals surface area contributed by atoms with Crippen LogP contribution >= 0.6 is 15.9 Å². The molecule has 1 saturated heterocycles. The average Bonchev–Trinajstić information content (AvgIpc) is 2.55.